The van der Waals surface area contributed by atoms with Crippen LogP contribution in [0, 0.1) is 0 Å². The minimum atomic E-state index is -0.820. The molecule has 1 saturated heterocycles. The van der Waals surface area contributed by atoms with Gasteiger partial charge in [0.05, 0.1) is 6.54 Å². The Balaban J connectivity index is 2.46. The highest BCUT2D eigenvalue weighted by Crippen LogP contribution is 2.06. The van der Waals surface area contributed by atoms with Crippen LogP contribution in [-0.2, 0) is 4.79 Å². The molecule has 0 aromatic rings. The fourth-order valence-electron chi connectivity index (χ4n) is 2.18. The summed E-state index contributed by atoms with van der Waals surface area (Å²) in [5.74, 6) is -0.820. The van der Waals surface area contributed by atoms with Gasteiger partial charge in [0.25, 0.3) is 0 Å². The highest BCUT2D eigenvalue weighted by atomic mass is 16.4. The van der Waals surface area contributed by atoms with Gasteiger partial charge in [0, 0.05) is 39.3 Å². The Morgan fingerprint density at radius 1 is 1.32 bits per heavy atom. The van der Waals surface area contributed by atoms with E-state index in [-0.39, 0.29) is 12.6 Å². The van der Waals surface area contributed by atoms with E-state index < -0.39 is 5.97 Å². The van der Waals surface area contributed by atoms with Crippen LogP contribution in [0.5, 0.6) is 0 Å². The third kappa shape index (κ3) is 4.90. The lowest BCUT2D eigenvalue weighted by molar-refractivity contribution is -0.138. The van der Waals surface area contributed by atoms with E-state index in [1.165, 1.54) is 0 Å². The number of carbonyl (C=O) groups is 2. The molecule has 6 nitrogen and oxygen atoms in total. The number of hydrogen-bond acceptors (Lipinski definition) is 3. The number of carbonyl (C=O) groups excluding carboxylic acids is 1. The van der Waals surface area contributed by atoms with Crippen molar-refractivity contribution in [2.75, 3.05) is 45.8 Å². The molecule has 0 unspecified atom stereocenters. The predicted molar refractivity (Wildman–Crippen MR) is 73.1 cm³/mol. The summed E-state index contributed by atoms with van der Waals surface area (Å²) < 4.78 is 0. The average Bonchev–Trinajstić information content (AvgIpc) is 2.38. The Kier molecular flexibility index (Phi) is 6.35. The topological polar surface area (TPSA) is 64.1 Å². The molecule has 0 atom stereocenters. The van der Waals surface area contributed by atoms with E-state index in [9.17, 15) is 9.59 Å². The second-order valence-corrected chi connectivity index (χ2v) is 4.67. The largest absolute Gasteiger partial charge is 0.480 e. The third-order valence-corrected chi connectivity index (χ3v) is 3.12. The molecule has 1 rings (SSSR count). The van der Waals surface area contributed by atoms with Crippen LogP contribution >= 0.6 is 0 Å². The van der Waals surface area contributed by atoms with E-state index in [1.807, 2.05) is 11.8 Å². The molecule has 0 bridgehead atoms. The van der Waals surface area contributed by atoms with Crippen LogP contribution < -0.4 is 0 Å². The van der Waals surface area contributed by atoms with Gasteiger partial charge in [-0.05, 0) is 6.42 Å². The molecule has 1 aliphatic heterocycles. The van der Waals surface area contributed by atoms with E-state index in [1.54, 1.807) is 15.9 Å². The van der Waals surface area contributed by atoms with E-state index in [0.29, 0.717) is 32.7 Å². The normalized spacial score (nSPS) is 16.2. The molecule has 0 saturated carbocycles. The van der Waals surface area contributed by atoms with Crippen molar-refractivity contribution in [2.45, 2.75) is 13.3 Å². The molecule has 1 N–H and O–H groups in total. The van der Waals surface area contributed by atoms with Crippen molar-refractivity contribution in [3.63, 3.8) is 0 Å². The van der Waals surface area contributed by atoms with Crippen LogP contribution in [-0.4, -0.2) is 77.6 Å². The smallest absolute Gasteiger partial charge is 0.320 e. The quantitative estimate of drug-likeness (QED) is 0.721. The Bertz CT molecular complexity index is 325. The first kappa shape index (κ1) is 15.5. The summed E-state index contributed by atoms with van der Waals surface area (Å²) in [5.41, 5.74) is 0. The Labute approximate surface area is 114 Å². The van der Waals surface area contributed by atoms with Gasteiger partial charge in [-0.1, -0.05) is 13.0 Å². The Hall–Kier alpha value is -1.56. The molecule has 0 radical (unpaired) electrons. The monoisotopic (exact) mass is 269 g/mol. The van der Waals surface area contributed by atoms with Crippen molar-refractivity contribution in [2.24, 2.45) is 0 Å². The molecular weight excluding hydrogens is 246 g/mol. The van der Waals surface area contributed by atoms with Crippen LogP contribution in [0.1, 0.15) is 13.3 Å². The number of carboxylic acids is 1. The van der Waals surface area contributed by atoms with Gasteiger partial charge in [-0.15, -0.1) is 6.58 Å². The summed E-state index contributed by atoms with van der Waals surface area (Å²) in [5, 5.41) is 8.73. The molecule has 0 aliphatic carbocycles. The summed E-state index contributed by atoms with van der Waals surface area (Å²) in [4.78, 5) is 28.3. The lowest BCUT2D eigenvalue weighted by atomic mass is 10.3. The summed E-state index contributed by atoms with van der Waals surface area (Å²) in [7, 11) is 0. The second kappa shape index (κ2) is 7.78. The van der Waals surface area contributed by atoms with E-state index >= 15 is 0 Å². The van der Waals surface area contributed by atoms with Gasteiger partial charge >= 0.3 is 12.0 Å². The number of amides is 2. The molecule has 0 spiro atoms. The first-order valence-corrected chi connectivity index (χ1v) is 6.67. The minimum absolute atomic E-state index is 0.0247. The van der Waals surface area contributed by atoms with Crippen LogP contribution in [0.4, 0.5) is 4.79 Å². The predicted octanol–water partition coefficient (Wildman–Crippen LogP) is 0.707. The minimum Gasteiger partial charge on any atom is -0.480 e. The van der Waals surface area contributed by atoms with Crippen LogP contribution in [0.3, 0.4) is 0 Å². The SMILES string of the molecule is C=CCN(CCC)C(=O)N1CCN(CC(=O)O)CC1. The maximum absolute atomic E-state index is 12.3. The second-order valence-electron chi connectivity index (χ2n) is 4.67. The standard InChI is InChI=1S/C13H23N3O3/c1-3-5-15(6-4-2)13(19)16-9-7-14(8-10-16)11-12(17)18/h3H,1,4-11H2,2H3,(H,17,18). The van der Waals surface area contributed by atoms with Crippen molar-refractivity contribution in [3.8, 4) is 0 Å². The van der Waals surface area contributed by atoms with E-state index in [2.05, 4.69) is 6.58 Å². The number of carboxylic acid groups (broad SMARTS) is 1. The number of nitrogens with zero attached hydrogens (tertiary/aromatic N) is 3. The zero-order valence-electron chi connectivity index (χ0n) is 11.5. The maximum atomic E-state index is 12.3. The molecule has 0 aromatic heterocycles. The lowest BCUT2D eigenvalue weighted by Gasteiger charge is -2.36. The molecule has 108 valence electrons. The number of urea groups is 1. The van der Waals surface area contributed by atoms with Crippen LogP contribution in [0.15, 0.2) is 12.7 Å². The molecule has 2 amide bonds. The van der Waals surface area contributed by atoms with Crippen LogP contribution in [0.25, 0.3) is 0 Å². The lowest BCUT2D eigenvalue weighted by Crippen LogP contribution is -2.53. The van der Waals surface area contributed by atoms with Gasteiger partial charge in [0.2, 0.25) is 0 Å². The first-order chi connectivity index (χ1) is 9.08. The highest BCUT2D eigenvalue weighted by Gasteiger charge is 2.24. The van der Waals surface area contributed by atoms with Gasteiger partial charge in [-0.25, -0.2) is 4.79 Å². The van der Waals surface area contributed by atoms with Gasteiger partial charge < -0.3 is 14.9 Å². The molecule has 1 heterocycles. The number of piperazine rings is 1. The molecule has 6 heteroatoms. The summed E-state index contributed by atoms with van der Waals surface area (Å²) in [6.45, 7) is 9.44. The summed E-state index contributed by atoms with van der Waals surface area (Å²) in [6, 6.07) is 0.0247. The molecule has 19 heavy (non-hydrogen) atoms. The average molecular weight is 269 g/mol. The van der Waals surface area contributed by atoms with Crippen molar-refractivity contribution in [1.29, 1.82) is 0 Å². The Morgan fingerprint density at radius 2 is 1.95 bits per heavy atom. The fourth-order valence-corrected chi connectivity index (χ4v) is 2.18. The van der Waals surface area contributed by atoms with Crippen molar-refractivity contribution >= 4 is 12.0 Å². The molecule has 1 aliphatic rings. The fraction of sp³-hybridized carbons (Fsp3) is 0.692. The van der Waals surface area contributed by atoms with Crippen molar-refractivity contribution in [1.82, 2.24) is 14.7 Å². The molecule has 1 fully saturated rings. The summed E-state index contributed by atoms with van der Waals surface area (Å²) >= 11 is 0. The zero-order valence-corrected chi connectivity index (χ0v) is 11.5. The van der Waals surface area contributed by atoms with Gasteiger partial charge in [-0.2, -0.15) is 0 Å². The van der Waals surface area contributed by atoms with Crippen LogP contribution in [0.2, 0.25) is 0 Å². The number of aliphatic carboxylic acids is 1. The van der Waals surface area contributed by atoms with Gasteiger partial charge in [0.1, 0.15) is 0 Å². The molecule has 0 aromatic carbocycles. The highest BCUT2D eigenvalue weighted by molar-refractivity contribution is 5.75. The number of hydrogen-bond donors (Lipinski definition) is 1. The van der Waals surface area contributed by atoms with E-state index in [0.717, 1.165) is 13.0 Å². The van der Waals surface area contributed by atoms with Gasteiger partial charge in [-0.3, -0.25) is 9.69 Å². The molecular formula is C13H23N3O3. The zero-order chi connectivity index (χ0) is 14.3. The number of rotatable bonds is 6. The van der Waals surface area contributed by atoms with E-state index in [4.69, 9.17) is 5.11 Å². The van der Waals surface area contributed by atoms with Gasteiger partial charge in [0.15, 0.2) is 0 Å². The Morgan fingerprint density at radius 3 is 2.42 bits per heavy atom. The third-order valence-electron chi connectivity index (χ3n) is 3.12. The first-order valence-electron chi connectivity index (χ1n) is 6.67. The van der Waals surface area contributed by atoms with Crippen molar-refractivity contribution < 1.29 is 14.7 Å². The maximum Gasteiger partial charge on any atom is 0.320 e. The van der Waals surface area contributed by atoms with Crippen molar-refractivity contribution in [3.05, 3.63) is 12.7 Å². The summed E-state index contributed by atoms with van der Waals surface area (Å²) in [6.07, 6.45) is 2.65.